The molecule has 1 aromatic heterocycles. The number of nitrogens with zero attached hydrogens (tertiary/aromatic N) is 2. The summed E-state index contributed by atoms with van der Waals surface area (Å²) >= 11 is 8.04. The van der Waals surface area contributed by atoms with Gasteiger partial charge in [-0.25, -0.2) is 5.01 Å². The third-order valence-corrected chi connectivity index (χ3v) is 6.79. The molecule has 0 saturated heterocycles. The zero-order valence-electron chi connectivity index (χ0n) is 14.0. The lowest BCUT2D eigenvalue weighted by molar-refractivity contribution is -0.0643. The SMILES string of the molecule is Clc1ccc2c(c1)[C@@H]1CC(c3cccs3)=NN1[C@H](C1CCCCC1)O2. The maximum Gasteiger partial charge on any atom is 0.190 e. The molecular formula is C20H21ClN2OS. The van der Waals surface area contributed by atoms with Crippen LogP contribution in [0.25, 0.3) is 0 Å². The summed E-state index contributed by atoms with van der Waals surface area (Å²) in [6, 6.07) is 10.5. The topological polar surface area (TPSA) is 24.8 Å². The van der Waals surface area contributed by atoms with Crippen molar-refractivity contribution < 1.29 is 4.74 Å². The third kappa shape index (κ3) is 2.76. The Morgan fingerprint density at radius 1 is 1.16 bits per heavy atom. The summed E-state index contributed by atoms with van der Waals surface area (Å²) in [7, 11) is 0. The molecule has 2 atom stereocenters. The van der Waals surface area contributed by atoms with Crippen LogP contribution in [0, 0.1) is 5.92 Å². The molecule has 130 valence electrons. The van der Waals surface area contributed by atoms with Crippen LogP contribution in [-0.4, -0.2) is 16.9 Å². The van der Waals surface area contributed by atoms with Crippen LogP contribution in [0.4, 0.5) is 0 Å². The Hall–Kier alpha value is -1.52. The predicted molar refractivity (Wildman–Crippen MR) is 102 cm³/mol. The van der Waals surface area contributed by atoms with Crippen LogP contribution >= 0.6 is 22.9 Å². The number of rotatable bonds is 2. The molecule has 2 aliphatic heterocycles. The molecule has 1 saturated carbocycles. The maximum atomic E-state index is 6.47. The highest BCUT2D eigenvalue weighted by molar-refractivity contribution is 7.12. The number of thiophene rings is 1. The van der Waals surface area contributed by atoms with E-state index in [0.717, 1.165) is 17.2 Å². The summed E-state index contributed by atoms with van der Waals surface area (Å²) in [5.41, 5.74) is 2.35. The predicted octanol–water partition coefficient (Wildman–Crippen LogP) is 5.85. The first-order valence-electron chi connectivity index (χ1n) is 9.15. The first-order valence-corrected chi connectivity index (χ1v) is 10.4. The normalized spacial score (nSPS) is 26.0. The number of hydrogen-bond donors (Lipinski definition) is 0. The van der Waals surface area contributed by atoms with Gasteiger partial charge in [-0.1, -0.05) is 36.9 Å². The third-order valence-electron chi connectivity index (χ3n) is 5.64. The van der Waals surface area contributed by atoms with Crippen LogP contribution in [0.3, 0.4) is 0 Å². The molecule has 3 heterocycles. The quantitative estimate of drug-likeness (QED) is 0.660. The van der Waals surface area contributed by atoms with E-state index in [0.29, 0.717) is 5.92 Å². The minimum Gasteiger partial charge on any atom is -0.468 e. The van der Waals surface area contributed by atoms with Gasteiger partial charge in [-0.15, -0.1) is 11.3 Å². The van der Waals surface area contributed by atoms with Crippen molar-refractivity contribution >= 4 is 28.6 Å². The van der Waals surface area contributed by atoms with E-state index in [1.54, 1.807) is 11.3 Å². The highest BCUT2D eigenvalue weighted by atomic mass is 35.5. The van der Waals surface area contributed by atoms with Crippen molar-refractivity contribution in [2.75, 3.05) is 0 Å². The summed E-state index contributed by atoms with van der Waals surface area (Å²) in [6.45, 7) is 0. The average Bonchev–Trinajstić information content (AvgIpc) is 3.31. The van der Waals surface area contributed by atoms with Crippen molar-refractivity contribution in [1.29, 1.82) is 0 Å². The van der Waals surface area contributed by atoms with Crippen molar-refractivity contribution in [2.24, 2.45) is 11.0 Å². The molecule has 1 aromatic carbocycles. The summed E-state index contributed by atoms with van der Waals surface area (Å²) in [5.74, 6) is 1.55. The molecule has 5 rings (SSSR count). The second kappa shape index (κ2) is 6.33. The highest BCUT2D eigenvalue weighted by Crippen LogP contribution is 2.47. The number of fused-ring (bicyclic) bond motifs is 3. The minimum atomic E-state index is 0.0523. The second-order valence-corrected chi connectivity index (χ2v) is 8.60. The van der Waals surface area contributed by atoms with Crippen LogP contribution in [0.15, 0.2) is 40.8 Å². The lowest BCUT2D eigenvalue weighted by Crippen LogP contribution is -2.45. The van der Waals surface area contributed by atoms with E-state index < -0.39 is 0 Å². The summed E-state index contributed by atoms with van der Waals surface area (Å²) in [5, 5.41) is 10.2. The van der Waals surface area contributed by atoms with Gasteiger partial charge < -0.3 is 4.74 Å². The lowest BCUT2D eigenvalue weighted by atomic mass is 9.86. The zero-order valence-corrected chi connectivity index (χ0v) is 15.6. The summed E-state index contributed by atoms with van der Waals surface area (Å²) in [6.07, 6.45) is 7.41. The standard InChI is InChI=1S/C20H21ClN2OS/c21-14-8-9-18-15(11-14)17-12-16(19-7-4-10-25-19)22-23(17)20(24-18)13-5-2-1-3-6-13/h4,7-11,13,17,20H,1-3,5-6,12H2/t17-,20-/m0/s1. The van der Waals surface area contributed by atoms with Crippen molar-refractivity contribution in [3.63, 3.8) is 0 Å². The fourth-order valence-electron chi connectivity index (χ4n) is 4.41. The van der Waals surface area contributed by atoms with Crippen molar-refractivity contribution in [3.05, 3.63) is 51.2 Å². The van der Waals surface area contributed by atoms with Gasteiger partial charge in [0.25, 0.3) is 0 Å². The zero-order chi connectivity index (χ0) is 16.8. The summed E-state index contributed by atoms with van der Waals surface area (Å²) < 4.78 is 6.47. The van der Waals surface area contributed by atoms with Crippen molar-refractivity contribution in [1.82, 2.24) is 5.01 Å². The number of hydrazone groups is 1. The van der Waals surface area contributed by atoms with E-state index in [9.17, 15) is 0 Å². The van der Waals surface area contributed by atoms with E-state index in [4.69, 9.17) is 21.4 Å². The van der Waals surface area contributed by atoms with Crippen LogP contribution in [0.2, 0.25) is 5.02 Å². The molecule has 0 radical (unpaired) electrons. The Labute approximate surface area is 157 Å². The van der Waals surface area contributed by atoms with Gasteiger partial charge >= 0.3 is 0 Å². The van der Waals surface area contributed by atoms with Gasteiger partial charge in [-0.2, -0.15) is 5.10 Å². The molecule has 0 N–H and O–H groups in total. The van der Waals surface area contributed by atoms with Gasteiger partial charge in [-0.3, -0.25) is 0 Å². The largest absolute Gasteiger partial charge is 0.468 e. The van der Waals surface area contributed by atoms with E-state index >= 15 is 0 Å². The van der Waals surface area contributed by atoms with Gasteiger partial charge in [0.05, 0.1) is 16.6 Å². The van der Waals surface area contributed by atoms with E-state index in [1.807, 2.05) is 12.1 Å². The van der Waals surface area contributed by atoms with Crippen LogP contribution in [-0.2, 0) is 0 Å². The lowest BCUT2D eigenvalue weighted by Gasteiger charge is -2.42. The average molecular weight is 373 g/mol. The first-order chi connectivity index (χ1) is 12.3. The Morgan fingerprint density at radius 2 is 2.04 bits per heavy atom. The Balaban J connectivity index is 1.55. The number of halogens is 1. The van der Waals surface area contributed by atoms with Crippen LogP contribution in [0.5, 0.6) is 5.75 Å². The smallest absolute Gasteiger partial charge is 0.190 e. The van der Waals surface area contributed by atoms with Crippen molar-refractivity contribution in [2.45, 2.75) is 50.8 Å². The number of benzene rings is 1. The molecule has 5 heteroatoms. The molecule has 1 fully saturated rings. The molecule has 3 aliphatic rings. The van der Waals surface area contributed by atoms with Gasteiger partial charge in [0, 0.05) is 22.9 Å². The van der Waals surface area contributed by atoms with Gasteiger partial charge in [0.2, 0.25) is 0 Å². The highest BCUT2D eigenvalue weighted by Gasteiger charge is 2.43. The molecule has 2 aromatic rings. The number of hydrogen-bond acceptors (Lipinski definition) is 4. The molecule has 3 nitrogen and oxygen atoms in total. The fraction of sp³-hybridized carbons (Fsp3) is 0.450. The van der Waals surface area contributed by atoms with Gasteiger partial charge in [-0.05, 0) is 42.5 Å². The molecule has 0 bridgehead atoms. The van der Waals surface area contributed by atoms with E-state index in [-0.39, 0.29) is 12.3 Å². The van der Waals surface area contributed by atoms with Gasteiger partial charge in [0.15, 0.2) is 6.23 Å². The number of ether oxygens (including phenoxy) is 1. The molecule has 25 heavy (non-hydrogen) atoms. The fourth-order valence-corrected chi connectivity index (χ4v) is 5.31. The molecular weight excluding hydrogens is 352 g/mol. The Kier molecular flexibility index (Phi) is 3.98. The minimum absolute atomic E-state index is 0.0523. The Morgan fingerprint density at radius 3 is 2.84 bits per heavy atom. The molecule has 0 amide bonds. The van der Waals surface area contributed by atoms with E-state index in [2.05, 4.69) is 28.6 Å². The van der Waals surface area contributed by atoms with E-state index in [1.165, 1.54) is 48.3 Å². The molecule has 0 spiro atoms. The first kappa shape index (κ1) is 15.7. The molecule has 1 aliphatic carbocycles. The van der Waals surface area contributed by atoms with Crippen LogP contribution < -0.4 is 4.74 Å². The molecule has 0 unspecified atom stereocenters. The summed E-state index contributed by atoms with van der Waals surface area (Å²) in [4.78, 5) is 1.26. The van der Waals surface area contributed by atoms with Crippen molar-refractivity contribution in [3.8, 4) is 5.75 Å². The van der Waals surface area contributed by atoms with Gasteiger partial charge in [0.1, 0.15) is 5.75 Å². The second-order valence-electron chi connectivity index (χ2n) is 7.21. The monoisotopic (exact) mass is 372 g/mol. The Bertz CT molecular complexity index is 798. The van der Waals surface area contributed by atoms with Crippen LogP contribution in [0.1, 0.15) is 55.0 Å². The maximum absolute atomic E-state index is 6.47.